The van der Waals surface area contributed by atoms with Crippen molar-refractivity contribution in [1.82, 2.24) is 10.6 Å². The molecule has 2 rings (SSSR count). The van der Waals surface area contributed by atoms with Crippen LogP contribution < -0.4 is 10.6 Å². The predicted molar refractivity (Wildman–Crippen MR) is 96.9 cm³/mol. The van der Waals surface area contributed by atoms with Crippen LogP contribution in [0, 0.1) is 0 Å². The zero-order valence-corrected chi connectivity index (χ0v) is 14.8. The van der Waals surface area contributed by atoms with E-state index in [-0.39, 0.29) is 18.5 Å². The highest BCUT2D eigenvalue weighted by Crippen LogP contribution is 2.15. The van der Waals surface area contributed by atoms with Gasteiger partial charge in [-0.3, -0.25) is 4.79 Å². The van der Waals surface area contributed by atoms with Crippen LogP contribution in [0.15, 0.2) is 48.5 Å². The highest BCUT2D eigenvalue weighted by Gasteiger charge is 2.07. The normalized spacial score (nSPS) is 12.0. The van der Waals surface area contributed by atoms with Crippen LogP contribution in [0.5, 0.6) is 0 Å². The highest BCUT2D eigenvalue weighted by atomic mass is 35.5. The zero-order valence-electron chi connectivity index (χ0n) is 14.0. The molecule has 0 saturated carbocycles. The van der Waals surface area contributed by atoms with Gasteiger partial charge in [0.25, 0.3) is 0 Å². The minimum atomic E-state index is -0.0308. The van der Waals surface area contributed by atoms with Crippen molar-refractivity contribution in [1.29, 1.82) is 0 Å². The maximum absolute atomic E-state index is 12.0. The molecule has 24 heavy (non-hydrogen) atoms. The van der Waals surface area contributed by atoms with Gasteiger partial charge in [-0.2, -0.15) is 0 Å². The maximum atomic E-state index is 12.0. The van der Waals surface area contributed by atoms with Crippen molar-refractivity contribution in [3.8, 4) is 0 Å². The van der Waals surface area contributed by atoms with E-state index in [1.807, 2.05) is 55.5 Å². The molecule has 0 bridgehead atoms. The Kier molecular flexibility index (Phi) is 7.25. The van der Waals surface area contributed by atoms with E-state index in [0.29, 0.717) is 18.2 Å². The number of amides is 1. The average molecular weight is 347 g/mol. The number of hydrogen-bond donors (Lipinski definition) is 2. The van der Waals surface area contributed by atoms with Crippen molar-refractivity contribution in [3.05, 3.63) is 70.2 Å². The second-order valence-corrected chi connectivity index (χ2v) is 6.12. The van der Waals surface area contributed by atoms with Gasteiger partial charge < -0.3 is 15.4 Å². The van der Waals surface area contributed by atoms with Gasteiger partial charge in [0.05, 0.1) is 13.2 Å². The van der Waals surface area contributed by atoms with Crippen LogP contribution in [0.1, 0.15) is 29.7 Å². The molecule has 2 N–H and O–H groups in total. The van der Waals surface area contributed by atoms with Crippen LogP contribution in [-0.2, 0) is 22.7 Å². The number of carbonyl (C=O) groups is 1. The van der Waals surface area contributed by atoms with E-state index in [1.165, 1.54) is 0 Å². The molecule has 0 aliphatic rings. The van der Waals surface area contributed by atoms with Crippen LogP contribution in [0.4, 0.5) is 0 Å². The summed E-state index contributed by atoms with van der Waals surface area (Å²) in [5.74, 6) is -0.0308. The molecule has 0 saturated heterocycles. The molecule has 128 valence electrons. The van der Waals surface area contributed by atoms with Crippen LogP contribution >= 0.6 is 11.6 Å². The summed E-state index contributed by atoms with van der Waals surface area (Å²) >= 11 is 5.88. The molecule has 4 nitrogen and oxygen atoms in total. The molecule has 1 amide bonds. The predicted octanol–water partition coefficient (Wildman–Crippen LogP) is 3.45. The summed E-state index contributed by atoms with van der Waals surface area (Å²) < 4.78 is 5.08. The fourth-order valence-electron chi connectivity index (χ4n) is 2.30. The summed E-state index contributed by atoms with van der Waals surface area (Å²) in [6.45, 7) is 3.40. The first-order valence-electron chi connectivity index (χ1n) is 7.91. The summed E-state index contributed by atoms with van der Waals surface area (Å²) in [6.07, 6.45) is 0. The van der Waals surface area contributed by atoms with Gasteiger partial charge in [0.15, 0.2) is 0 Å². The first-order valence-corrected chi connectivity index (χ1v) is 8.28. The number of rotatable bonds is 8. The monoisotopic (exact) mass is 346 g/mol. The molecule has 2 aromatic carbocycles. The Hall–Kier alpha value is -1.88. The van der Waals surface area contributed by atoms with Gasteiger partial charge in [0, 0.05) is 24.7 Å². The van der Waals surface area contributed by atoms with E-state index in [1.54, 1.807) is 7.11 Å². The van der Waals surface area contributed by atoms with Crippen molar-refractivity contribution >= 4 is 17.5 Å². The minimum Gasteiger partial charge on any atom is -0.380 e. The molecule has 0 aromatic heterocycles. The number of halogens is 1. The second kappa shape index (κ2) is 9.42. The smallest absolute Gasteiger partial charge is 0.234 e. The lowest BCUT2D eigenvalue weighted by Gasteiger charge is -2.14. The molecule has 5 heteroatoms. The summed E-state index contributed by atoms with van der Waals surface area (Å²) in [7, 11) is 1.67. The van der Waals surface area contributed by atoms with E-state index in [9.17, 15) is 4.79 Å². The van der Waals surface area contributed by atoms with Crippen LogP contribution in [0.25, 0.3) is 0 Å². The number of ether oxygens (including phenoxy) is 1. The van der Waals surface area contributed by atoms with Crippen molar-refractivity contribution in [3.63, 3.8) is 0 Å². The van der Waals surface area contributed by atoms with E-state index < -0.39 is 0 Å². The molecule has 0 aliphatic heterocycles. The number of methoxy groups -OCH3 is 1. The standard InChI is InChI=1S/C19H23ClN2O2/c1-14(17-7-9-18(20)10-8-17)21-12-19(23)22-11-15-3-5-16(6-4-15)13-24-2/h3-10,14,21H,11-13H2,1-2H3,(H,22,23). The first kappa shape index (κ1) is 18.5. The van der Waals surface area contributed by atoms with E-state index in [4.69, 9.17) is 16.3 Å². The topological polar surface area (TPSA) is 50.4 Å². The van der Waals surface area contributed by atoms with Crippen LogP contribution in [0.3, 0.4) is 0 Å². The van der Waals surface area contributed by atoms with Crippen LogP contribution in [0.2, 0.25) is 5.02 Å². The van der Waals surface area contributed by atoms with E-state index >= 15 is 0 Å². The zero-order chi connectivity index (χ0) is 17.4. The van der Waals surface area contributed by atoms with Gasteiger partial charge in [0.2, 0.25) is 5.91 Å². The Balaban J connectivity index is 1.73. The Bertz CT molecular complexity index is 641. The third kappa shape index (κ3) is 5.96. The van der Waals surface area contributed by atoms with Crippen molar-refractivity contribution in [2.45, 2.75) is 26.1 Å². The second-order valence-electron chi connectivity index (χ2n) is 5.68. The number of nitrogens with one attached hydrogen (secondary N) is 2. The van der Waals surface area contributed by atoms with E-state index in [0.717, 1.165) is 16.7 Å². The Morgan fingerprint density at radius 2 is 1.71 bits per heavy atom. The first-order chi connectivity index (χ1) is 11.6. The quantitative estimate of drug-likeness (QED) is 0.769. The molecule has 0 radical (unpaired) electrons. The maximum Gasteiger partial charge on any atom is 0.234 e. The number of hydrogen-bond acceptors (Lipinski definition) is 3. The number of carbonyl (C=O) groups excluding carboxylic acids is 1. The third-order valence-electron chi connectivity index (χ3n) is 3.76. The highest BCUT2D eigenvalue weighted by molar-refractivity contribution is 6.30. The largest absolute Gasteiger partial charge is 0.380 e. The lowest BCUT2D eigenvalue weighted by atomic mass is 10.1. The van der Waals surface area contributed by atoms with Gasteiger partial charge >= 0.3 is 0 Å². The fraction of sp³-hybridized carbons (Fsp3) is 0.316. The van der Waals surface area contributed by atoms with Crippen molar-refractivity contribution in [2.24, 2.45) is 0 Å². The summed E-state index contributed by atoms with van der Waals surface area (Å²) in [5, 5.41) is 6.83. The average Bonchev–Trinajstić information content (AvgIpc) is 2.60. The van der Waals surface area contributed by atoms with Crippen molar-refractivity contribution < 1.29 is 9.53 Å². The number of benzene rings is 2. The van der Waals surface area contributed by atoms with Gasteiger partial charge in [0.1, 0.15) is 0 Å². The molecule has 0 heterocycles. The fourth-order valence-corrected chi connectivity index (χ4v) is 2.42. The third-order valence-corrected chi connectivity index (χ3v) is 4.01. The summed E-state index contributed by atoms with van der Waals surface area (Å²) in [4.78, 5) is 12.0. The SMILES string of the molecule is COCc1ccc(CNC(=O)CNC(C)c2ccc(Cl)cc2)cc1. The summed E-state index contributed by atoms with van der Waals surface area (Å²) in [6, 6.07) is 15.7. The lowest BCUT2D eigenvalue weighted by molar-refractivity contribution is -0.120. The molecule has 1 unspecified atom stereocenters. The molecule has 0 fully saturated rings. The van der Waals surface area contributed by atoms with Gasteiger partial charge in [-0.25, -0.2) is 0 Å². The van der Waals surface area contributed by atoms with Gasteiger partial charge in [-0.15, -0.1) is 0 Å². The summed E-state index contributed by atoms with van der Waals surface area (Å²) in [5.41, 5.74) is 3.28. The molecule has 0 aliphatic carbocycles. The Morgan fingerprint density at radius 1 is 1.08 bits per heavy atom. The molecule has 1 atom stereocenters. The molecule has 2 aromatic rings. The van der Waals surface area contributed by atoms with Gasteiger partial charge in [-0.1, -0.05) is 48.0 Å². The Labute approximate surface area is 148 Å². The Morgan fingerprint density at radius 3 is 2.33 bits per heavy atom. The minimum absolute atomic E-state index is 0.0308. The lowest BCUT2D eigenvalue weighted by Crippen LogP contribution is -2.34. The van der Waals surface area contributed by atoms with Crippen LogP contribution in [-0.4, -0.2) is 19.6 Å². The van der Waals surface area contributed by atoms with Gasteiger partial charge in [-0.05, 0) is 35.7 Å². The molecule has 0 spiro atoms. The molecular formula is C19H23ClN2O2. The van der Waals surface area contributed by atoms with E-state index in [2.05, 4.69) is 10.6 Å². The van der Waals surface area contributed by atoms with Crippen molar-refractivity contribution in [2.75, 3.05) is 13.7 Å². The molecular weight excluding hydrogens is 324 g/mol.